The van der Waals surface area contributed by atoms with Gasteiger partial charge in [0.2, 0.25) is 5.91 Å². The van der Waals surface area contributed by atoms with Crippen molar-refractivity contribution >= 4 is 28.8 Å². The molecule has 1 aliphatic rings. The molecular weight excluding hydrogens is 436 g/mol. The summed E-state index contributed by atoms with van der Waals surface area (Å²) >= 11 is 1.59. The van der Waals surface area contributed by atoms with Crippen LogP contribution in [0.3, 0.4) is 0 Å². The van der Waals surface area contributed by atoms with Crippen molar-refractivity contribution in [2.75, 3.05) is 44.8 Å². The van der Waals surface area contributed by atoms with Gasteiger partial charge in [-0.05, 0) is 45.7 Å². The number of methoxy groups -OCH3 is 1. The fraction of sp³-hybridized carbons (Fsp3) is 0.560. The van der Waals surface area contributed by atoms with Crippen molar-refractivity contribution in [1.82, 2.24) is 14.8 Å². The van der Waals surface area contributed by atoms with Crippen LogP contribution in [0.1, 0.15) is 41.4 Å². The molecule has 0 N–H and O–H groups in total. The highest BCUT2D eigenvalue weighted by atomic mass is 32.1. The van der Waals surface area contributed by atoms with Crippen LogP contribution in [0.4, 0.5) is 5.69 Å². The summed E-state index contributed by atoms with van der Waals surface area (Å²) in [6.07, 6.45) is 1.21. The number of thiazole rings is 1. The van der Waals surface area contributed by atoms with Crippen LogP contribution in [0, 0.1) is 13.8 Å². The summed E-state index contributed by atoms with van der Waals surface area (Å²) in [7, 11) is 1.54. The first-order valence-electron chi connectivity index (χ1n) is 11.6. The Morgan fingerprint density at radius 2 is 1.85 bits per heavy atom. The first-order chi connectivity index (χ1) is 15.8. The second-order valence-electron chi connectivity index (χ2n) is 8.82. The maximum atomic E-state index is 13.5. The van der Waals surface area contributed by atoms with Crippen LogP contribution in [-0.4, -0.2) is 72.5 Å². The van der Waals surface area contributed by atoms with E-state index in [0.717, 1.165) is 46.3 Å². The van der Waals surface area contributed by atoms with E-state index in [4.69, 9.17) is 4.74 Å². The Morgan fingerprint density at radius 1 is 1.09 bits per heavy atom. The molecular formula is C25H36N4O3S. The zero-order valence-electron chi connectivity index (χ0n) is 20.5. The number of aromatic nitrogens is 1. The van der Waals surface area contributed by atoms with Gasteiger partial charge in [-0.2, -0.15) is 0 Å². The number of ether oxygens (including phenoxy) is 1. The fourth-order valence-electron chi connectivity index (χ4n) is 4.28. The quantitative estimate of drug-likeness (QED) is 0.667. The van der Waals surface area contributed by atoms with E-state index < -0.39 is 0 Å². The second-order valence-corrected chi connectivity index (χ2v) is 10.1. The molecule has 33 heavy (non-hydrogen) atoms. The highest BCUT2D eigenvalue weighted by molar-refractivity contribution is 7.11. The Morgan fingerprint density at radius 3 is 2.52 bits per heavy atom. The minimum atomic E-state index is -0.0612. The minimum absolute atomic E-state index is 0.0366. The number of para-hydroxylation sites is 1. The summed E-state index contributed by atoms with van der Waals surface area (Å²) in [5.74, 6) is 0.0307. The molecule has 0 radical (unpaired) electrons. The largest absolute Gasteiger partial charge is 0.375 e. The molecule has 2 heterocycles. The van der Waals surface area contributed by atoms with Crippen LogP contribution in [0.5, 0.6) is 0 Å². The van der Waals surface area contributed by atoms with E-state index in [1.54, 1.807) is 18.4 Å². The summed E-state index contributed by atoms with van der Waals surface area (Å²) in [4.78, 5) is 38.0. The van der Waals surface area contributed by atoms with Crippen LogP contribution >= 0.6 is 11.3 Å². The first-order valence-corrected chi connectivity index (χ1v) is 12.4. The van der Waals surface area contributed by atoms with Crippen molar-refractivity contribution in [2.24, 2.45) is 0 Å². The molecule has 0 aliphatic carbocycles. The summed E-state index contributed by atoms with van der Waals surface area (Å²) in [5, 5.41) is 0.983. The monoisotopic (exact) mass is 472 g/mol. The molecule has 8 heteroatoms. The van der Waals surface area contributed by atoms with E-state index in [-0.39, 0.29) is 18.4 Å². The lowest BCUT2D eigenvalue weighted by Crippen LogP contribution is -2.42. The van der Waals surface area contributed by atoms with E-state index in [1.165, 1.54) is 0 Å². The van der Waals surface area contributed by atoms with Gasteiger partial charge in [0.15, 0.2) is 0 Å². The average Bonchev–Trinajstić information content (AvgIpc) is 3.07. The Balaban J connectivity index is 1.93. The van der Waals surface area contributed by atoms with Gasteiger partial charge in [-0.1, -0.05) is 18.2 Å². The van der Waals surface area contributed by atoms with Crippen molar-refractivity contribution in [3.8, 4) is 0 Å². The molecule has 2 amide bonds. The van der Waals surface area contributed by atoms with Gasteiger partial charge in [0.25, 0.3) is 5.91 Å². The Hall–Kier alpha value is -2.29. The number of hydrogen-bond donors (Lipinski definition) is 0. The molecule has 3 rings (SSSR count). The predicted molar refractivity (Wildman–Crippen MR) is 133 cm³/mol. The molecule has 1 aromatic heterocycles. The van der Waals surface area contributed by atoms with Crippen molar-refractivity contribution in [3.63, 3.8) is 0 Å². The fourth-order valence-corrected chi connectivity index (χ4v) is 5.21. The van der Waals surface area contributed by atoms with Crippen molar-refractivity contribution in [2.45, 2.75) is 53.1 Å². The lowest BCUT2D eigenvalue weighted by Gasteiger charge is -2.30. The first kappa shape index (κ1) is 25.3. The molecule has 0 unspecified atom stereocenters. The van der Waals surface area contributed by atoms with Crippen molar-refractivity contribution in [3.05, 3.63) is 45.4 Å². The number of hydrogen-bond acceptors (Lipinski definition) is 6. The summed E-state index contributed by atoms with van der Waals surface area (Å²) in [6.45, 7) is 11.7. The Kier molecular flexibility index (Phi) is 9.00. The molecule has 7 nitrogen and oxygen atoms in total. The average molecular weight is 473 g/mol. The van der Waals surface area contributed by atoms with Gasteiger partial charge >= 0.3 is 0 Å². The standard InChI is InChI=1S/C25H36N4O3S/c1-18(2)27-11-8-12-29(25(31)17-32-5)22-10-7-6-9-21(22)16-28(14-13-27)24(30)15-23-19(3)26-20(4)33-23/h6-7,9-10,18H,8,11-17H2,1-5H3. The molecule has 0 bridgehead atoms. The third-order valence-corrected chi connectivity index (χ3v) is 7.16. The van der Waals surface area contributed by atoms with E-state index in [9.17, 15) is 9.59 Å². The predicted octanol–water partition coefficient (Wildman–Crippen LogP) is 3.42. The van der Waals surface area contributed by atoms with Gasteiger partial charge in [0, 0.05) is 56.4 Å². The second kappa shape index (κ2) is 11.7. The van der Waals surface area contributed by atoms with Crippen LogP contribution in [-0.2, 0) is 27.3 Å². The third-order valence-electron chi connectivity index (χ3n) is 6.09. The smallest absolute Gasteiger partial charge is 0.252 e. The SMILES string of the molecule is COCC(=O)N1CCCN(C(C)C)CCN(C(=O)Cc2sc(C)nc2C)Cc2ccccc21. The molecule has 0 saturated heterocycles. The number of rotatable bonds is 5. The molecule has 180 valence electrons. The number of benzene rings is 1. The van der Waals surface area contributed by atoms with Gasteiger partial charge < -0.3 is 14.5 Å². The van der Waals surface area contributed by atoms with Crippen molar-refractivity contribution < 1.29 is 14.3 Å². The summed E-state index contributed by atoms with van der Waals surface area (Å²) in [5.41, 5.74) is 2.77. The molecule has 1 aromatic carbocycles. The van der Waals surface area contributed by atoms with E-state index >= 15 is 0 Å². The summed E-state index contributed by atoms with van der Waals surface area (Å²) < 4.78 is 5.15. The van der Waals surface area contributed by atoms with Crippen LogP contribution < -0.4 is 4.90 Å². The zero-order valence-corrected chi connectivity index (χ0v) is 21.3. The Labute approximate surface area is 201 Å². The topological polar surface area (TPSA) is 66.0 Å². The van der Waals surface area contributed by atoms with Crippen LogP contribution in [0.15, 0.2) is 24.3 Å². The number of carbonyl (C=O) groups is 2. The molecule has 0 spiro atoms. The van der Waals surface area contributed by atoms with Gasteiger partial charge in [-0.3, -0.25) is 14.5 Å². The lowest BCUT2D eigenvalue weighted by molar-refractivity contribution is -0.131. The number of fused-ring (bicyclic) bond motifs is 1. The van der Waals surface area contributed by atoms with E-state index in [0.29, 0.717) is 32.1 Å². The van der Waals surface area contributed by atoms with Gasteiger partial charge in [-0.15, -0.1) is 11.3 Å². The van der Waals surface area contributed by atoms with Crippen molar-refractivity contribution in [1.29, 1.82) is 0 Å². The summed E-state index contributed by atoms with van der Waals surface area (Å²) in [6, 6.07) is 8.27. The number of nitrogens with zero attached hydrogens (tertiary/aromatic N) is 4. The van der Waals surface area contributed by atoms with E-state index in [1.807, 2.05) is 47.9 Å². The third kappa shape index (κ3) is 6.62. The number of aryl methyl sites for hydroxylation is 2. The number of carbonyl (C=O) groups excluding carboxylic acids is 2. The van der Waals surface area contributed by atoms with Crippen LogP contribution in [0.25, 0.3) is 0 Å². The highest BCUT2D eigenvalue weighted by Gasteiger charge is 2.24. The number of amides is 2. The maximum absolute atomic E-state index is 13.5. The van der Waals surface area contributed by atoms with Crippen LogP contribution in [0.2, 0.25) is 0 Å². The molecule has 1 aliphatic heterocycles. The lowest BCUT2D eigenvalue weighted by atomic mass is 10.1. The number of anilines is 1. The molecule has 0 fully saturated rings. The van der Waals surface area contributed by atoms with Gasteiger partial charge in [0.1, 0.15) is 6.61 Å². The molecule has 0 atom stereocenters. The minimum Gasteiger partial charge on any atom is -0.375 e. The van der Waals surface area contributed by atoms with Gasteiger partial charge in [0.05, 0.1) is 17.1 Å². The van der Waals surface area contributed by atoms with E-state index in [2.05, 4.69) is 23.7 Å². The Bertz CT molecular complexity index is 959. The maximum Gasteiger partial charge on any atom is 0.252 e. The highest BCUT2D eigenvalue weighted by Crippen LogP contribution is 2.25. The zero-order chi connectivity index (χ0) is 24.0. The molecule has 0 saturated carbocycles. The van der Waals surface area contributed by atoms with Gasteiger partial charge in [-0.25, -0.2) is 4.98 Å². The molecule has 2 aromatic rings. The normalized spacial score (nSPS) is 15.9.